The largest absolute Gasteiger partial charge is 0.481 e. The van der Waals surface area contributed by atoms with Crippen LogP contribution >= 0.6 is 0 Å². The summed E-state index contributed by atoms with van der Waals surface area (Å²) in [5, 5.41) is 8.78. The Morgan fingerprint density at radius 2 is 1.46 bits per heavy atom. The van der Waals surface area contributed by atoms with Crippen LogP contribution in [-0.4, -0.2) is 28.9 Å². The molecule has 28 heavy (non-hydrogen) atoms. The van der Waals surface area contributed by atoms with Gasteiger partial charge in [-0.1, -0.05) is 33.6 Å². The van der Waals surface area contributed by atoms with Crippen LogP contribution in [0.2, 0.25) is 0 Å². The van der Waals surface area contributed by atoms with Gasteiger partial charge in [0.1, 0.15) is 5.78 Å². The lowest BCUT2D eigenvalue weighted by Crippen LogP contribution is -2.29. The fraction of sp³-hybridized carbons (Fsp3) is 0.870. The van der Waals surface area contributed by atoms with E-state index in [9.17, 15) is 14.4 Å². The van der Waals surface area contributed by atoms with E-state index in [1.165, 1.54) is 0 Å². The highest BCUT2D eigenvalue weighted by Gasteiger charge is 2.29. The highest BCUT2D eigenvalue weighted by molar-refractivity contribution is 5.78. The number of ether oxygens (including phenoxy) is 1. The number of carboxylic acid groups (broad SMARTS) is 1. The van der Waals surface area contributed by atoms with Gasteiger partial charge in [-0.25, -0.2) is 0 Å². The number of unbranched alkanes of at least 4 members (excludes halogenated alkanes) is 2. The summed E-state index contributed by atoms with van der Waals surface area (Å²) in [6, 6.07) is 0. The smallest absolute Gasteiger partial charge is 0.311 e. The molecule has 0 saturated carbocycles. The van der Waals surface area contributed by atoms with Crippen molar-refractivity contribution in [2.24, 2.45) is 10.8 Å². The van der Waals surface area contributed by atoms with Crippen LogP contribution in [0.3, 0.4) is 0 Å². The van der Waals surface area contributed by atoms with E-state index < -0.39 is 11.4 Å². The number of hydrogen-bond acceptors (Lipinski definition) is 4. The van der Waals surface area contributed by atoms with Crippen LogP contribution in [-0.2, 0) is 19.1 Å². The van der Waals surface area contributed by atoms with Crippen LogP contribution in [0.1, 0.15) is 112 Å². The molecule has 0 bridgehead atoms. The molecule has 5 nitrogen and oxygen atoms in total. The summed E-state index contributed by atoms with van der Waals surface area (Å²) >= 11 is 0. The Labute approximate surface area is 171 Å². The molecular weight excluding hydrogens is 356 g/mol. The Morgan fingerprint density at radius 1 is 0.857 bits per heavy atom. The van der Waals surface area contributed by atoms with E-state index in [0.717, 1.165) is 44.9 Å². The van der Waals surface area contributed by atoms with Gasteiger partial charge < -0.3 is 9.84 Å². The lowest BCUT2D eigenvalue weighted by molar-refractivity contribution is -0.159. The number of carbonyl (C=O) groups is 3. The van der Waals surface area contributed by atoms with Gasteiger partial charge in [0.25, 0.3) is 0 Å². The molecule has 0 aromatic heterocycles. The van der Waals surface area contributed by atoms with Crippen LogP contribution in [0.15, 0.2) is 0 Å². The average Bonchev–Trinajstić information content (AvgIpc) is 2.59. The van der Waals surface area contributed by atoms with Crippen molar-refractivity contribution in [1.82, 2.24) is 0 Å². The first-order valence-corrected chi connectivity index (χ1v) is 10.8. The number of rotatable bonds is 16. The van der Waals surface area contributed by atoms with Gasteiger partial charge in [0.2, 0.25) is 0 Å². The minimum atomic E-state index is -0.763. The average molecular weight is 399 g/mol. The molecule has 0 aliphatic carbocycles. The van der Waals surface area contributed by atoms with Gasteiger partial charge in [-0.05, 0) is 64.7 Å². The van der Waals surface area contributed by atoms with Crippen LogP contribution in [0, 0.1) is 10.8 Å². The summed E-state index contributed by atoms with van der Waals surface area (Å²) in [6.07, 6.45) is 7.95. The molecule has 164 valence electrons. The van der Waals surface area contributed by atoms with Crippen molar-refractivity contribution in [1.29, 1.82) is 0 Å². The molecule has 5 heteroatoms. The maximum Gasteiger partial charge on any atom is 0.311 e. The molecule has 0 fully saturated rings. The molecule has 0 spiro atoms. The van der Waals surface area contributed by atoms with Crippen molar-refractivity contribution < 1.29 is 24.2 Å². The van der Waals surface area contributed by atoms with Gasteiger partial charge in [0.15, 0.2) is 0 Å². The zero-order valence-corrected chi connectivity index (χ0v) is 18.9. The lowest BCUT2D eigenvalue weighted by Gasteiger charge is -2.24. The van der Waals surface area contributed by atoms with Crippen LogP contribution in [0.4, 0.5) is 0 Å². The predicted molar refractivity (Wildman–Crippen MR) is 112 cm³/mol. The standard InChI is InChI=1S/C23H42O5/c1-7-18(2)28-21(27)23(5,6)16-10-8-9-12-19(24)13-11-15-22(3,4)17-14-20(25)26/h18H,7-17H2,1-6H3,(H,25,26). The van der Waals surface area contributed by atoms with Gasteiger partial charge in [0.05, 0.1) is 11.5 Å². The number of hydrogen-bond donors (Lipinski definition) is 1. The number of esters is 1. The van der Waals surface area contributed by atoms with Crippen molar-refractivity contribution in [3.05, 3.63) is 0 Å². The molecular formula is C23H42O5. The number of carboxylic acids is 1. The topological polar surface area (TPSA) is 80.7 Å². The molecule has 0 saturated heterocycles. The van der Waals surface area contributed by atoms with Gasteiger partial charge in [-0.3, -0.25) is 14.4 Å². The first kappa shape index (κ1) is 26.6. The number of carbonyl (C=O) groups excluding carboxylic acids is 2. The van der Waals surface area contributed by atoms with Gasteiger partial charge >= 0.3 is 11.9 Å². The lowest BCUT2D eigenvalue weighted by atomic mass is 9.82. The minimum Gasteiger partial charge on any atom is -0.481 e. The Bertz CT molecular complexity index is 493. The molecule has 1 atom stereocenters. The van der Waals surface area contributed by atoms with E-state index in [2.05, 4.69) is 13.8 Å². The quantitative estimate of drug-likeness (QED) is 0.257. The zero-order valence-electron chi connectivity index (χ0n) is 18.9. The summed E-state index contributed by atoms with van der Waals surface area (Å²) in [5.41, 5.74) is -0.511. The Kier molecular flexibility index (Phi) is 12.3. The van der Waals surface area contributed by atoms with Crippen molar-refractivity contribution >= 4 is 17.7 Å². The van der Waals surface area contributed by atoms with Crippen LogP contribution < -0.4 is 0 Å². The monoisotopic (exact) mass is 398 g/mol. The third-order valence-electron chi connectivity index (χ3n) is 5.52. The Hall–Kier alpha value is -1.39. The first-order chi connectivity index (χ1) is 12.9. The molecule has 0 aliphatic rings. The van der Waals surface area contributed by atoms with Crippen molar-refractivity contribution in [2.75, 3.05) is 0 Å². The van der Waals surface area contributed by atoms with Crippen molar-refractivity contribution in [2.45, 2.75) is 118 Å². The Balaban J connectivity index is 3.92. The maximum atomic E-state index is 12.2. The van der Waals surface area contributed by atoms with Crippen molar-refractivity contribution in [3.8, 4) is 0 Å². The first-order valence-electron chi connectivity index (χ1n) is 10.8. The van der Waals surface area contributed by atoms with E-state index in [4.69, 9.17) is 9.84 Å². The molecule has 0 heterocycles. The van der Waals surface area contributed by atoms with E-state index >= 15 is 0 Å². The van der Waals surface area contributed by atoms with Crippen LogP contribution in [0.5, 0.6) is 0 Å². The SMILES string of the molecule is CCC(C)OC(=O)C(C)(C)CCCCCC(=O)CCCC(C)(C)CCC(=O)O. The minimum absolute atomic E-state index is 0.0336. The summed E-state index contributed by atoms with van der Waals surface area (Å²) < 4.78 is 5.44. The molecule has 0 amide bonds. The van der Waals surface area contributed by atoms with E-state index in [1.807, 2.05) is 27.7 Å². The van der Waals surface area contributed by atoms with E-state index in [0.29, 0.717) is 19.3 Å². The molecule has 0 rings (SSSR count). The predicted octanol–water partition coefficient (Wildman–Crippen LogP) is 5.94. The normalized spacial score (nSPS) is 13.2. The number of ketones is 1. The Morgan fingerprint density at radius 3 is 2.04 bits per heavy atom. The zero-order chi connectivity index (χ0) is 21.8. The molecule has 0 radical (unpaired) electrons. The van der Waals surface area contributed by atoms with E-state index in [1.54, 1.807) is 0 Å². The third kappa shape index (κ3) is 12.9. The summed E-state index contributed by atoms with van der Waals surface area (Å²) in [4.78, 5) is 34.9. The molecule has 0 aromatic carbocycles. The second kappa shape index (κ2) is 12.9. The van der Waals surface area contributed by atoms with E-state index in [-0.39, 0.29) is 29.7 Å². The fourth-order valence-corrected chi connectivity index (χ4v) is 3.05. The third-order valence-corrected chi connectivity index (χ3v) is 5.52. The number of Topliss-reactive ketones (excluding diaryl/α,β-unsaturated/α-hetero) is 1. The van der Waals surface area contributed by atoms with Gasteiger partial charge in [0, 0.05) is 19.3 Å². The molecule has 0 aromatic rings. The summed E-state index contributed by atoms with van der Waals surface area (Å²) in [7, 11) is 0. The second-order valence-electron chi connectivity index (χ2n) is 9.52. The van der Waals surface area contributed by atoms with Crippen molar-refractivity contribution in [3.63, 3.8) is 0 Å². The molecule has 1 unspecified atom stereocenters. The maximum absolute atomic E-state index is 12.2. The second-order valence-corrected chi connectivity index (χ2v) is 9.52. The van der Waals surface area contributed by atoms with Crippen LogP contribution in [0.25, 0.3) is 0 Å². The molecule has 0 aliphatic heterocycles. The summed E-state index contributed by atoms with van der Waals surface area (Å²) in [5.74, 6) is -0.617. The molecule has 1 N–H and O–H groups in total. The highest BCUT2D eigenvalue weighted by atomic mass is 16.5. The van der Waals surface area contributed by atoms with Gasteiger partial charge in [-0.2, -0.15) is 0 Å². The van der Waals surface area contributed by atoms with Gasteiger partial charge in [-0.15, -0.1) is 0 Å². The summed E-state index contributed by atoms with van der Waals surface area (Å²) in [6.45, 7) is 11.9. The number of aliphatic carboxylic acids is 1. The fourth-order valence-electron chi connectivity index (χ4n) is 3.05. The highest BCUT2D eigenvalue weighted by Crippen LogP contribution is 2.29.